The average Bonchev–Trinajstić information content (AvgIpc) is 2.78. The first-order valence-electron chi connectivity index (χ1n) is 10.6. The minimum atomic E-state index is -0.921. The molecule has 0 atom stereocenters. The van der Waals surface area contributed by atoms with Crippen LogP contribution in [0.4, 0.5) is 5.69 Å². The number of pyridine rings is 1. The summed E-state index contributed by atoms with van der Waals surface area (Å²) in [5, 5.41) is 1.02. The Labute approximate surface area is 206 Å². The van der Waals surface area contributed by atoms with Crippen molar-refractivity contribution in [3.8, 4) is 5.75 Å². The zero-order valence-electron chi connectivity index (χ0n) is 19.4. The molecule has 2 aromatic carbocycles. The number of amides is 2. The minimum absolute atomic E-state index is 0.225. The molecule has 0 unspecified atom stereocenters. The van der Waals surface area contributed by atoms with Crippen molar-refractivity contribution < 1.29 is 19.1 Å². The maximum absolute atomic E-state index is 13.9. The van der Waals surface area contributed by atoms with Gasteiger partial charge in [0.1, 0.15) is 5.56 Å². The van der Waals surface area contributed by atoms with E-state index >= 15 is 0 Å². The van der Waals surface area contributed by atoms with Gasteiger partial charge in [0, 0.05) is 28.4 Å². The Morgan fingerprint density at radius 1 is 0.912 bits per heavy atom. The number of halogens is 2. The third-order valence-corrected chi connectivity index (χ3v) is 5.69. The van der Waals surface area contributed by atoms with E-state index in [2.05, 4.69) is 0 Å². The maximum Gasteiger partial charge on any atom is 0.313 e. The van der Waals surface area contributed by atoms with Crippen LogP contribution >= 0.6 is 23.2 Å². The van der Waals surface area contributed by atoms with Crippen LogP contribution in [0.2, 0.25) is 10.0 Å². The number of imide groups is 1. The molecule has 178 valence electrons. The van der Waals surface area contributed by atoms with E-state index in [4.69, 9.17) is 27.9 Å². The molecule has 0 fully saturated rings. The van der Waals surface area contributed by atoms with Crippen molar-refractivity contribution in [1.29, 1.82) is 0 Å². The summed E-state index contributed by atoms with van der Waals surface area (Å²) >= 11 is 12.2. The Balaban J connectivity index is 2.36. The number of hydrogen-bond donors (Lipinski definition) is 0. The SMILES string of the molecule is CC(C)C(=O)Oc1c(C(=O)N(C(=O)C(C)C)c2ccc(Cl)cc2)c(=O)n(C)c2ccc(Cl)cc12. The lowest BCUT2D eigenvalue weighted by Crippen LogP contribution is -2.43. The van der Waals surface area contributed by atoms with Gasteiger partial charge in [-0.05, 0) is 42.5 Å². The second kappa shape index (κ2) is 9.99. The number of anilines is 1. The summed E-state index contributed by atoms with van der Waals surface area (Å²) in [6, 6.07) is 10.8. The highest BCUT2D eigenvalue weighted by Gasteiger charge is 2.33. The summed E-state index contributed by atoms with van der Waals surface area (Å²) in [6.07, 6.45) is 0. The van der Waals surface area contributed by atoms with Gasteiger partial charge in [-0.1, -0.05) is 50.9 Å². The Kier molecular flexibility index (Phi) is 7.48. The fourth-order valence-electron chi connectivity index (χ4n) is 3.31. The molecule has 9 heteroatoms. The monoisotopic (exact) mass is 502 g/mol. The summed E-state index contributed by atoms with van der Waals surface area (Å²) in [5.74, 6) is -3.45. The lowest BCUT2D eigenvalue weighted by Gasteiger charge is -2.24. The quantitative estimate of drug-likeness (QED) is 0.445. The molecule has 0 bridgehead atoms. The molecule has 1 aromatic heterocycles. The fraction of sp³-hybridized carbons (Fsp3) is 0.280. The first kappa shape index (κ1) is 25.5. The van der Waals surface area contributed by atoms with Gasteiger partial charge in [0.2, 0.25) is 5.91 Å². The average molecular weight is 503 g/mol. The smallest absolute Gasteiger partial charge is 0.313 e. The number of carbonyl (C=O) groups is 3. The van der Waals surface area contributed by atoms with Crippen molar-refractivity contribution in [2.24, 2.45) is 18.9 Å². The Bertz CT molecular complexity index is 1340. The fourth-order valence-corrected chi connectivity index (χ4v) is 3.61. The normalized spacial score (nSPS) is 11.2. The highest BCUT2D eigenvalue weighted by molar-refractivity contribution is 6.32. The van der Waals surface area contributed by atoms with Gasteiger partial charge in [-0.15, -0.1) is 0 Å². The van der Waals surface area contributed by atoms with Gasteiger partial charge in [0.15, 0.2) is 5.75 Å². The molecule has 0 N–H and O–H groups in total. The van der Waals surface area contributed by atoms with Crippen LogP contribution in [-0.2, 0) is 16.6 Å². The van der Waals surface area contributed by atoms with Gasteiger partial charge in [-0.2, -0.15) is 0 Å². The number of rotatable bonds is 5. The Hall–Kier alpha value is -3.16. The van der Waals surface area contributed by atoms with Crippen molar-refractivity contribution in [2.45, 2.75) is 27.7 Å². The maximum atomic E-state index is 13.9. The molecule has 0 aliphatic rings. The summed E-state index contributed by atoms with van der Waals surface area (Å²) < 4.78 is 6.84. The number of carbonyl (C=O) groups excluding carboxylic acids is 3. The Morgan fingerprint density at radius 2 is 1.50 bits per heavy atom. The van der Waals surface area contributed by atoms with Crippen LogP contribution in [0.3, 0.4) is 0 Å². The standard InChI is InChI=1S/C25H24Cl2N2O5/c1-13(2)22(30)29(17-9-6-15(26)7-10-17)24(32)20-21(34-25(33)14(3)4)18-12-16(27)8-11-19(18)28(5)23(20)31/h6-14H,1-5H3. The number of aryl methyl sites for hydroxylation is 1. The van der Waals surface area contributed by atoms with Gasteiger partial charge in [0.05, 0.1) is 17.1 Å². The second-order valence-electron chi connectivity index (χ2n) is 8.42. The summed E-state index contributed by atoms with van der Waals surface area (Å²) in [5.41, 5.74) is -0.537. The predicted octanol–water partition coefficient (Wildman–Crippen LogP) is 5.24. The van der Waals surface area contributed by atoms with Crippen molar-refractivity contribution in [1.82, 2.24) is 4.57 Å². The van der Waals surface area contributed by atoms with Gasteiger partial charge in [-0.3, -0.25) is 19.2 Å². The van der Waals surface area contributed by atoms with E-state index in [-0.39, 0.29) is 11.4 Å². The first-order chi connectivity index (χ1) is 15.9. The van der Waals surface area contributed by atoms with Crippen LogP contribution < -0.4 is 15.2 Å². The molecule has 0 saturated carbocycles. The van der Waals surface area contributed by atoms with Crippen LogP contribution in [-0.4, -0.2) is 22.4 Å². The zero-order chi connectivity index (χ0) is 25.3. The van der Waals surface area contributed by atoms with E-state index in [9.17, 15) is 19.2 Å². The molecule has 0 radical (unpaired) electrons. The molecule has 3 aromatic rings. The summed E-state index contributed by atoms with van der Waals surface area (Å²) in [4.78, 5) is 53.9. The molecule has 2 amide bonds. The van der Waals surface area contributed by atoms with Crippen LogP contribution in [0.5, 0.6) is 5.75 Å². The number of nitrogens with zero attached hydrogens (tertiary/aromatic N) is 2. The minimum Gasteiger partial charge on any atom is -0.425 e. The zero-order valence-corrected chi connectivity index (χ0v) is 20.9. The van der Waals surface area contributed by atoms with Gasteiger partial charge in [-0.25, -0.2) is 4.90 Å². The predicted molar refractivity (Wildman–Crippen MR) is 133 cm³/mol. The molecular formula is C25H24Cl2N2O5. The van der Waals surface area contributed by atoms with Crippen LogP contribution in [0, 0.1) is 11.8 Å². The lowest BCUT2D eigenvalue weighted by atomic mass is 10.1. The van der Waals surface area contributed by atoms with Crippen molar-refractivity contribution >= 4 is 57.6 Å². The molecule has 34 heavy (non-hydrogen) atoms. The molecule has 7 nitrogen and oxygen atoms in total. The number of esters is 1. The summed E-state index contributed by atoms with van der Waals surface area (Å²) in [6.45, 7) is 6.53. The van der Waals surface area contributed by atoms with Crippen LogP contribution in [0.1, 0.15) is 38.1 Å². The molecule has 0 aliphatic carbocycles. The third-order valence-electron chi connectivity index (χ3n) is 5.20. The van der Waals surface area contributed by atoms with Crippen LogP contribution in [0.25, 0.3) is 10.9 Å². The number of aromatic nitrogens is 1. The van der Waals surface area contributed by atoms with E-state index in [1.54, 1.807) is 39.8 Å². The number of benzene rings is 2. The number of fused-ring (bicyclic) bond motifs is 1. The molecule has 3 rings (SSSR count). The topological polar surface area (TPSA) is 85.7 Å². The van der Waals surface area contributed by atoms with E-state index in [1.807, 2.05) is 0 Å². The highest BCUT2D eigenvalue weighted by Crippen LogP contribution is 2.32. The van der Waals surface area contributed by atoms with Gasteiger partial charge < -0.3 is 9.30 Å². The van der Waals surface area contributed by atoms with Crippen LogP contribution in [0.15, 0.2) is 47.3 Å². The highest BCUT2D eigenvalue weighted by atomic mass is 35.5. The van der Waals surface area contributed by atoms with Crippen molar-refractivity contribution in [3.63, 3.8) is 0 Å². The molecule has 0 spiro atoms. The largest absolute Gasteiger partial charge is 0.425 e. The Morgan fingerprint density at radius 3 is 2.06 bits per heavy atom. The second-order valence-corrected chi connectivity index (χ2v) is 9.29. The number of hydrogen-bond acceptors (Lipinski definition) is 5. The van der Waals surface area contributed by atoms with Crippen molar-refractivity contribution in [3.05, 3.63) is 68.4 Å². The third kappa shape index (κ3) is 4.86. The van der Waals surface area contributed by atoms with E-state index in [1.165, 1.54) is 41.9 Å². The molecular weight excluding hydrogens is 479 g/mol. The summed E-state index contributed by atoms with van der Waals surface area (Å²) in [7, 11) is 1.49. The molecule has 1 heterocycles. The van der Waals surface area contributed by atoms with Crippen molar-refractivity contribution in [2.75, 3.05) is 4.90 Å². The first-order valence-corrected chi connectivity index (χ1v) is 11.4. The molecule has 0 saturated heterocycles. The van der Waals surface area contributed by atoms with Gasteiger partial charge >= 0.3 is 5.97 Å². The van der Waals surface area contributed by atoms with Gasteiger partial charge in [0.25, 0.3) is 11.5 Å². The molecule has 0 aliphatic heterocycles. The van der Waals surface area contributed by atoms with E-state index < -0.39 is 40.7 Å². The van der Waals surface area contributed by atoms with E-state index in [0.717, 1.165) is 4.90 Å². The van der Waals surface area contributed by atoms with E-state index in [0.29, 0.717) is 20.9 Å². The number of ether oxygens (including phenoxy) is 1. The lowest BCUT2D eigenvalue weighted by molar-refractivity contribution is -0.137.